The quantitative estimate of drug-likeness (QED) is 0.134. The Hall–Kier alpha value is -4.86. The molecule has 0 spiro atoms. The molecule has 0 heterocycles. The summed E-state index contributed by atoms with van der Waals surface area (Å²) in [5.41, 5.74) is 13.8. The Morgan fingerprint density at radius 1 is 0.614 bits per heavy atom. The van der Waals surface area contributed by atoms with E-state index in [1.54, 1.807) is 60.7 Å². The van der Waals surface area contributed by atoms with Gasteiger partial charge in [-0.1, -0.05) is 135 Å². The van der Waals surface area contributed by atoms with E-state index in [-0.39, 0.29) is 12.8 Å². The molecule has 0 saturated carbocycles. The second-order valence-electron chi connectivity index (χ2n) is 10.5. The number of rotatable bonds is 13. The maximum Gasteiger partial charge on any atom is 0.340 e. The van der Waals surface area contributed by atoms with E-state index in [9.17, 15) is 19.8 Å². The molecule has 4 atom stereocenters. The molecule has 4 unspecified atom stereocenters. The van der Waals surface area contributed by atoms with Crippen LogP contribution in [0.4, 0.5) is 0 Å². The molecule has 8 nitrogen and oxygen atoms in total. The number of hydrogen-bond donors (Lipinski definition) is 4. The smallest absolute Gasteiger partial charge is 0.340 e. The van der Waals surface area contributed by atoms with Crippen LogP contribution in [0.2, 0.25) is 0 Å². The van der Waals surface area contributed by atoms with Crippen molar-refractivity contribution >= 4 is 24.1 Å². The number of esters is 2. The van der Waals surface area contributed by atoms with Gasteiger partial charge in [0.1, 0.15) is 0 Å². The molecule has 0 aliphatic carbocycles. The lowest BCUT2D eigenvalue weighted by Crippen LogP contribution is -2.52. The second-order valence-corrected chi connectivity index (χ2v) is 10.5. The fraction of sp³-hybridized carbons (Fsp3) is 0.167. The molecule has 4 aromatic rings. The van der Waals surface area contributed by atoms with Crippen LogP contribution in [-0.4, -0.2) is 34.4 Å². The number of nitrogens with two attached hydrogens (primary N) is 2. The highest BCUT2D eigenvalue weighted by Crippen LogP contribution is 2.29. The molecule has 0 fully saturated rings. The van der Waals surface area contributed by atoms with E-state index in [1.807, 2.05) is 60.7 Å². The van der Waals surface area contributed by atoms with Crippen molar-refractivity contribution in [2.24, 2.45) is 11.5 Å². The molecule has 0 aromatic heterocycles. The van der Waals surface area contributed by atoms with Crippen LogP contribution in [-0.2, 0) is 43.4 Å². The minimum Gasteiger partial charge on any atom is -0.437 e. The van der Waals surface area contributed by atoms with Gasteiger partial charge in [0, 0.05) is 24.0 Å². The van der Waals surface area contributed by atoms with Crippen LogP contribution in [0.15, 0.2) is 122 Å². The molecule has 0 saturated heterocycles. The predicted octanol–water partition coefficient (Wildman–Crippen LogP) is 4.19. The van der Waals surface area contributed by atoms with Crippen LogP contribution >= 0.6 is 0 Å². The van der Waals surface area contributed by atoms with Gasteiger partial charge in [0.15, 0.2) is 23.7 Å². The molecule has 0 radical (unpaired) electrons. The van der Waals surface area contributed by atoms with E-state index in [0.29, 0.717) is 11.1 Å². The molecule has 0 amide bonds. The first kappa shape index (κ1) is 32.1. The number of ether oxygens (including phenoxy) is 2. The summed E-state index contributed by atoms with van der Waals surface area (Å²) in [6, 6.07) is 31.9. The number of carbonyl (C=O) groups is 2. The van der Waals surface area contributed by atoms with Gasteiger partial charge in [-0.05, 0) is 22.3 Å². The lowest BCUT2D eigenvalue weighted by atomic mass is 9.94. The van der Waals surface area contributed by atoms with Crippen LogP contribution in [0.3, 0.4) is 0 Å². The third kappa shape index (κ3) is 7.75. The zero-order valence-electron chi connectivity index (χ0n) is 24.2. The molecule has 44 heavy (non-hydrogen) atoms. The van der Waals surface area contributed by atoms with Crippen molar-refractivity contribution < 1.29 is 29.3 Å². The lowest BCUT2D eigenvalue weighted by molar-refractivity contribution is -0.191. The van der Waals surface area contributed by atoms with Gasteiger partial charge in [-0.2, -0.15) is 0 Å². The Kier molecular flexibility index (Phi) is 10.3. The van der Waals surface area contributed by atoms with E-state index in [4.69, 9.17) is 20.9 Å². The van der Waals surface area contributed by atoms with E-state index >= 15 is 0 Å². The normalized spacial score (nSPS) is 15.1. The van der Waals surface area contributed by atoms with Gasteiger partial charge in [-0.3, -0.25) is 11.5 Å². The van der Waals surface area contributed by atoms with E-state index in [1.165, 1.54) is 0 Å². The summed E-state index contributed by atoms with van der Waals surface area (Å²) in [7, 11) is 0. The van der Waals surface area contributed by atoms with Crippen molar-refractivity contribution in [1.29, 1.82) is 0 Å². The van der Waals surface area contributed by atoms with Crippen LogP contribution in [0, 0.1) is 0 Å². The van der Waals surface area contributed by atoms with Crippen molar-refractivity contribution in [3.05, 3.63) is 156 Å². The molecule has 0 aliphatic rings. The molecule has 6 N–H and O–H groups in total. The number of aliphatic hydroxyl groups excluding tert-OH is 2. The molecule has 8 heteroatoms. The first-order valence-electron chi connectivity index (χ1n) is 14.0. The zero-order chi connectivity index (χ0) is 31.7. The molecule has 4 aromatic carbocycles. The maximum atomic E-state index is 13.2. The number of carbonyl (C=O) groups excluding carboxylic acids is 2. The average molecular weight is 593 g/mol. The third-order valence-corrected chi connectivity index (χ3v) is 7.24. The van der Waals surface area contributed by atoms with Crippen molar-refractivity contribution in [3.8, 4) is 0 Å². The fourth-order valence-electron chi connectivity index (χ4n) is 4.73. The highest BCUT2D eigenvalue weighted by atomic mass is 16.6. The van der Waals surface area contributed by atoms with Gasteiger partial charge in [0.05, 0.1) is 0 Å². The van der Waals surface area contributed by atoms with Crippen LogP contribution in [0.1, 0.15) is 33.4 Å². The Balaban J connectivity index is 1.56. The minimum atomic E-state index is -2.32. The summed E-state index contributed by atoms with van der Waals surface area (Å²) < 4.78 is 11.3. The minimum absolute atomic E-state index is 0.0456. The van der Waals surface area contributed by atoms with E-state index < -0.39 is 35.6 Å². The zero-order valence-corrected chi connectivity index (χ0v) is 24.2. The first-order valence-corrected chi connectivity index (χ1v) is 14.0. The molecule has 0 aliphatic heterocycles. The Morgan fingerprint density at radius 2 is 0.932 bits per heavy atom. The fourth-order valence-corrected chi connectivity index (χ4v) is 4.73. The van der Waals surface area contributed by atoms with Crippen molar-refractivity contribution in [2.45, 2.75) is 36.5 Å². The second kappa shape index (κ2) is 14.1. The molecular formula is C36H36N2O6. The van der Waals surface area contributed by atoms with Gasteiger partial charge in [-0.25, -0.2) is 9.59 Å². The molecule has 4 rings (SSSR count). The van der Waals surface area contributed by atoms with E-state index in [0.717, 1.165) is 22.3 Å². The first-order chi connectivity index (χ1) is 21.1. The Bertz CT molecular complexity index is 1450. The summed E-state index contributed by atoms with van der Waals surface area (Å²) in [5, 5.41) is 21.6. The molecule has 226 valence electrons. The Labute approximate surface area is 256 Å². The standard InChI is InChI=1S/C36H36N2O6/c1-3-25-15-19-29(20-16-25)35(37,23-27-11-7-5-8-12-27)43-33(41)31(39)32(40)34(42)44-36(38,24-28-13-9-6-10-14-28)30-21-17-26(4-2)18-22-30/h3-22,31-32,39-40H,1-2,23-24,37-38H2. The SMILES string of the molecule is C=Cc1ccc(C(N)(Cc2ccccc2)OC(=O)C(O)C(O)C(=O)OC(N)(Cc2ccccc2)c2ccc(C=C)cc2)cc1. The highest BCUT2D eigenvalue weighted by molar-refractivity contribution is 5.85. The maximum absolute atomic E-state index is 13.2. The van der Waals surface area contributed by atoms with Gasteiger partial charge >= 0.3 is 11.9 Å². The van der Waals surface area contributed by atoms with Crippen LogP contribution in [0.5, 0.6) is 0 Å². The molecular weight excluding hydrogens is 556 g/mol. The molecule has 0 bridgehead atoms. The largest absolute Gasteiger partial charge is 0.437 e. The summed E-state index contributed by atoms with van der Waals surface area (Å²) in [6.07, 6.45) is -1.25. The third-order valence-electron chi connectivity index (χ3n) is 7.24. The Morgan fingerprint density at radius 3 is 1.23 bits per heavy atom. The lowest BCUT2D eigenvalue weighted by Gasteiger charge is -2.33. The highest BCUT2D eigenvalue weighted by Gasteiger charge is 2.42. The summed E-state index contributed by atoms with van der Waals surface area (Å²) >= 11 is 0. The van der Waals surface area contributed by atoms with E-state index in [2.05, 4.69) is 13.2 Å². The van der Waals surface area contributed by atoms with Gasteiger partial charge in [0.25, 0.3) is 0 Å². The predicted molar refractivity (Wildman–Crippen MR) is 169 cm³/mol. The number of benzene rings is 4. The van der Waals surface area contributed by atoms with Gasteiger partial charge in [0.2, 0.25) is 0 Å². The summed E-state index contributed by atoms with van der Waals surface area (Å²) in [4.78, 5) is 26.4. The topological polar surface area (TPSA) is 145 Å². The van der Waals surface area contributed by atoms with Crippen LogP contribution < -0.4 is 11.5 Å². The number of hydrogen-bond acceptors (Lipinski definition) is 8. The van der Waals surface area contributed by atoms with Crippen molar-refractivity contribution in [1.82, 2.24) is 0 Å². The van der Waals surface area contributed by atoms with Crippen molar-refractivity contribution in [3.63, 3.8) is 0 Å². The monoisotopic (exact) mass is 592 g/mol. The summed E-state index contributed by atoms with van der Waals surface area (Å²) in [6.45, 7) is 7.48. The van der Waals surface area contributed by atoms with Crippen LogP contribution in [0.25, 0.3) is 12.2 Å². The van der Waals surface area contributed by atoms with Gasteiger partial charge < -0.3 is 19.7 Å². The van der Waals surface area contributed by atoms with Crippen molar-refractivity contribution in [2.75, 3.05) is 0 Å². The number of aliphatic hydroxyl groups is 2. The van der Waals surface area contributed by atoms with Gasteiger partial charge in [-0.15, -0.1) is 0 Å². The average Bonchev–Trinajstić information content (AvgIpc) is 3.04. The summed E-state index contributed by atoms with van der Waals surface area (Å²) in [5.74, 6) is -2.64.